The number of methoxy groups -OCH3 is 1. The summed E-state index contributed by atoms with van der Waals surface area (Å²) in [7, 11) is -2.41. The Balaban J connectivity index is 2.83. The van der Waals surface area contributed by atoms with E-state index in [-0.39, 0.29) is 12.0 Å². The molecule has 0 amide bonds. The van der Waals surface area contributed by atoms with Gasteiger partial charge in [0.1, 0.15) is 0 Å². The van der Waals surface area contributed by atoms with Crippen LogP contribution in [0.15, 0.2) is 0 Å². The van der Waals surface area contributed by atoms with E-state index in [2.05, 4.69) is 24.6 Å². The van der Waals surface area contributed by atoms with Crippen molar-refractivity contribution >= 4 is 16.0 Å². The van der Waals surface area contributed by atoms with E-state index in [4.69, 9.17) is 5.26 Å². The predicted octanol–water partition coefficient (Wildman–Crippen LogP) is -0.533. The highest BCUT2D eigenvalue weighted by Gasteiger charge is 2.21. The normalized spacial score (nSPS) is 12.9. The number of rotatable bonds is 4. The summed E-state index contributed by atoms with van der Waals surface area (Å²) in [5.41, 5.74) is 0. The van der Waals surface area contributed by atoms with Crippen LogP contribution in [0.5, 0.6) is 6.01 Å². The van der Waals surface area contributed by atoms with Crippen LogP contribution in [0.4, 0.5) is 5.95 Å². The molecule has 9 heteroatoms. The van der Waals surface area contributed by atoms with E-state index in [0.29, 0.717) is 0 Å². The minimum atomic E-state index is -3.76. The van der Waals surface area contributed by atoms with E-state index in [1.807, 2.05) is 0 Å². The number of nitrogens with one attached hydrogen (secondary N) is 2. The third kappa shape index (κ3) is 2.57. The van der Waals surface area contributed by atoms with Crippen LogP contribution < -0.4 is 9.46 Å². The van der Waals surface area contributed by atoms with Crippen LogP contribution in [0.3, 0.4) is 0 Å². The van der Waals surface area contributed by atoms with Gasteiger partial charge in [0.2, 0.25) is 5.95 Å². The van der Waals surface area contributed by atoms with Gasteiger partial charge in [-0.1, -0.05) is 0 Å². The first-order chi connectivity index (χ1) is 6.99. The summed E-state index contributed by atoms with van der Waals surface area (Å²) in [4.78, 5) is 3.64. The first-order valence-corrected chi connectivity index (χ1v) is 5.42. The quantitative estimate of drug-likeness (QED) is 0.718. The van der Waals surface area contributed by atoms with Crippen molar-refractivity contribution in [3.8, 4) is 12.1 Å². The number of hydrogen-bond acceptors (Lipinski definition) is 6. The molecule has 0 aliphatic carbocycles. The van der Waals surface area contributed by atoms with Gasteiger partial charge in [0.05, 0.1) is 13.2 Å². The smallest absolute Gasteiger partial charge is 0.336 e. The Morgan fingerprint density at radius 3 is 2.80 bits per heavy atom. The summed E-state index contributed by atoms with van der Waals surface area (Å²) in [5, 5.41) is 13.1. The average molecular weight is 231 g/mol. The van der Waals surface area contributed by atoms with Gasteiger partial charge >= 0.3 is 6.01 Å². The highest BCUT2D eigenvalue weighted by Crippen LogP contribution is 2.09. The number of anilines is 1. The van der Waals surface area contributed by atoms with Crippen LogP contribution in [0.2, 0.25) is 0 Å². The van der Waals surface area contributed by atoms with Crippen LogP contribution in [0, 0.1) is 11.3 Å². The number of sulfonamides is 1. The zero-order valence-electron chi connectivity index (χ0n) is 8.05. The van der Waals surface area contributed by atoms with Crippen molar-refractivity contribution in [2.45, 2.75) is 12.2 Å². The number of aromatic nitrogens is 3. The van der Waals surface area contributed by atoms with Gasteiger partial charge in [0.15, 0.2) is 5.25 Å². The maximum Gasteiger partial charge on any atom is 0.336 e. The van der Waals surface area contributed by atoms with Crippen molar-refractivity contribution in [1.29, 1.82) is 5.26 Å². The second-order valence-electron chi connectivity index (χ2n) is 2.59. The molecule has 0 saturated heterocycles. The Labute approximate surface area is 86.3 Å². The lowest BCUT2D eigenvalue weighted by Gasteiger charge is -2.04. The van der Waals surface area contributed by atoms with Crippen LogP contribution in [0.25, 0.3) is 0 Å². The molecule has 8 nitrogen and oxygen atoms in total. The molecule has 0 spiro atoms. The van der Waals surface area contributed by atoms with Crippen molar-refractivity contribution in [2.75, 3.05) is 11.8 Å². The molecule has 82 valence electrons. The van der Waals surface area contributed by atoms with Crippen molar-refractivity contribution in [3.05, 3.63) is 0 Å². The molecule has 1 heterocycles. The zero-order valence-corrected chi connectivity index (χ0v) is 8.87. The SMILES string of the molecule is COc1n[nH]c(NS(=O)(=O)C(C)C#N)n1. The lowest BCUT2D eigenvalue weighted by molar-refractivity contribution is 0.382. The van der Waals surface area contributed by atoms with Gasteiger partial charge in [-0.3, -0.25) is 4.72 Å². The van der Waals surface area contributed by atoms with E-state index in [1.165, 1.54) is 14.0 Å². The molecule has 0 aromatic carbocycles. The molecule has 0 aliphatic heterocycles. The minimum Gasteiger partial charge on any atom is -0.466 e. The maximum absolute atomic E-state index is 11.4. The van der Waals surface area contributed by atoms with E-state index in [0.717, 1.165) is 0 Å². The standard InChI is InChI=1S/C6H9N5O3S/c1-4(3-7)15(12,13)11-5-8-6(14-2)10-9-5/h4H,1-2H3,(H2,8,9,10,11). The number of ether oxygens (including phenoxy) is 1. The number of hydrogen-bond donors (Lipinski definition) is 2. The summed E-state index contributed by atoms with van der Waals surface area (Å²) in [5.74, 6) is -0.0889. The van der Waals surface area contributed by atoms with Crippen molar-refractivity contribution in [1.82, 2.24) is 15.2 Å². The fraction of sp³-hybridized carbons (Fsp3) is 0.500. The fourth-order valence-electron chi connectivity index (χ4n) is 0.676. The number of nitrogens with zero attached hydrogens (tertiary/aromatic N) is 3. The molecule has 15 heavy (non-hydrogen) atoms. The topological polar surface area (TPSA) is 121 Å². The molecule has 0 fully saturated rings. The number of nitriles is 1. The van der Waals surface area contributed by atoms with Gasteiger partial charge in [-0.05, 0) is 6.92 Å². The first kappa shape index (κ1) is 11.3. The molecule has 1 aromatic heterocycles. The highest BCUT2D eigenvalue weighted by molar-refractivity contribution is 7.93. The van der Waals surface area contributed by atoms with E-state index in [1.54, 1.807) is 6.07 Å². The first-order valence-electron chi connectivity index (χ1n) is 3.87. The van der Waals surface area contributed by atoms with E-state index < -0.39 is 15.3 Å². The summed E-state index contributed by atoms with van der Waals surface area (Å²) in [6.07, 6.45) is 0. The summed E-state index contributed by atoms with van der Waals surface area (Å²) in [6, 6.07) is 1.61. The molecule has 0 radical (unpaired) electrons. The van der Waals surface area contributed by atoms with Crippen LogP contribution in [-0.2, 0) is 10.0 Å². The van der Waals surface area contributed by atoms with Gasteiger partial charge in [0, 0.05) is 0 Å². The molecule has 2 N–H and O–H groups in total. The Hall–Kier alpha value is -1.82. The lowest BCUT2D eigenvalue weighted by Crippen LogP contribution is -2.24. The van der Waals surface area contributed by atoms with Gasteiger partial charge in [0.25, 0.3) is 10.0 Å². The van der Waals surface area contributed by atoms with Gasteiger partial charge < -0.3 is 4.74 Å². The largest absolute Gasteiger partial charge is 0.466 e. The second kappa shape index (κ2) is 4.14. The highest BCUT2D eigenvalue weighted by atomic mass is 32.2. The van der Waals surface area contributed by atoms with Crippen LogP contribution in [-0.4, -0.2) is 36.0 Å². The van der Waals surface area contributed by atoms with Crippen LogP contribution in [0.1, 0.15) is 6.92 Å². The lowest BCUT2D eigenvalue weighted by atomic mass is 10.5. The predicted molar refractivity (Wildman–Crippen MR) is 50.6 cm³/mol. The Bertz CT molecular complexity index is 473. The maximum atomic E-state index is 11.4. The van der Waals surface area contributed by atoms with E-state index >= 15 is 0 Å². The molecule has 1 unspecified atom stereocenters. The van der Waals surface area contributed by atoms with Crippen LogP contribution >= 0.6 is 0 Å². The Morgan fingerprint density at radius 2 is 2.33 bits per heavy atom. The summed E-state index contributed by atoms with van der Waals surface area (Å²) < 4.78 is 29.4. The van der Waals surface area contributed by atoms with Gasteiger partial charge in [-0.25, -0.2) is 13.5 Å². The molecule has 0 saturated carbocycles. The molecular weight excluding hydrogens is 222 g/mol. The molecular formula is C6H9N5O3S. The molecule has 0 bridgehead atoms. The molecule has 1 atom stereocenters. The molecule has 0 aliphatic rings. The third-order valence-electron chi connectivity index (χ3n) is 1.53. The van der Waals surface area contributed by atoms with Crippen molar-refractivity contribution < 1.29 is 13.2 Å². The van der Waals surface area contributed by atoms with Crippen molar-refractivity contribution in [3.63, 3.8) is 0 Å². The second-order valence-corrected chi connectivity index (χ2v) is 4.59. The number of aromatic amines is 1. The molecule has 1 aromatic rings. The third-order valence-corrected chi connectivity index (χ3v) is 3.05. The fourth-order valence-corrected chi connectivity index (χ4v) is 1.35. The zero-order chi connectivity index (χ0) is 11.5. The summed E-state index contributed by atoms with van der Waals surface area (Å²) in [6.45, 7) is 1.26. The monoisotopic (exact) mass is 231 g/mol. The van der Waals surface area contributed by atoms with Gasteiger partial charge in [-0.15, -0.1) is 5.10 Å². The van der Waals surface area contributed by atoms with Gasteiger partial charge in [-0.2, -0.15) is 10.2 Å². The molecule has 1 rings (SSSR count). The Morgan fingerprint density at radius 1 is 1.67 bits per heavy atom. The van der Waals surface area contributed by atoms with E-state index in [9.17, 15) is 8.42 Å². The van der Waals surface area contributed by atoms with Crippen molar-refractivity contribution in [2.24, 2.45) is 0 Å². The summed E-state index contributed by atoms with van der Waals surface area (Å²) >= 11 is 0. The minimum absolute atomic E-state index is 0.0114. The Kier molecular flexibility index (Phi) is 3.11. The average Bonchev–Trinajstić information content (AvgIpc) is 2.63. The number of H-pyrrole nitrogens is 1.